The molecule has 2 atom stereocenters. The lowest BCUT2D eigenvalue weighted by molar-refractivity contribution is -0.140. The fourth-order valence-electron chi connectivity index (χ4n) is 6.47. The SMILES string of the molecule is Cc1c(COc2cc(OCc3cncc(C#N)c3)c(CN[C@H](C(=O)O)C(C)C)cc2Cl)cccc1-c1cccc(OCCCN2CC[C@@H](OI)C2)c1C. The van der Waals surface area contributed by atoms with Gasteiger partial charge >= 0.3 is 5.97 Å². The Labute approximate surface area is 331 Å². The first-order valence-corrected chi connectivity index (χ1v) is 19.0. The normalized spacial score (nSPS) is 14.9. The second-order valence-electron chi connectivity index (χ2n) is 13.6. The summed E-state index contributed by atoms with van der Waals surface area (Å²) in [7, 11) is 0. The highest BCUT2D eigenvalue weighted by atomic mass is 127. The van der Waals surface area contributed by atoms with Gasteiger partial charge in [-0.25, -0.2) is 0 Å². The Kier molecular flexibility index (Phi) is 14.7. The number of rotatable bonds is 18. The van der Waals surface area contributed by atoms with Crippen molar-refractivity contribution in [2.75, 3.05) is 26.2 Å². The molecule has 0 spiro atoms. The van der Waals surface area contributed by atoms with Gasteiger partial charge in [-0.15, -0.1) is 0 Å². The number of carboxylic acid groups (broad SMARTS) is 1. The molecule has 3 aromatic carbocycles. The molecule has 12 heteroatoms. The van der Waals surface area contributed by atoms with Crippen LogP contribution in [0.2, 0.25) is 5.02 Å². The van der Waals surface area contributed by atoms with Crippen molar-refractivity contribution in [3.05, 3.63) is 105 Å². The minimum Gasteiger partial charge on any atom is -0.493 e. The molecule has 1 aliphatic heterocycles. The van der Waals surface area contributed by atoms with E-state index in [1.807, 2.05) is 61.1 Å². The molecule has 10 nitrogen and oxygen atoms in total. The van der Waals surface area contributed by atoms with Crippen molar-refractivity contribution in [1.82, 2.24) is 15.2 Å². The first kappa shape index (κ1) is 40.3. The summed E-state index contributed by atoms with van der Waals surface area (Å²) >= 11 is 8.78. The van der Waals surface area contributed by atoms with Gasteiger partial charge in [-0.1, -0.05) is 55.8 Å². The van der Waals surface area contributed by atoms with Crippen LogP contribution in [0.1, 0.15) is 60.1 Å². The summed E-state index contributed by atoms with van der Waals surface area (Å²) in [6, 6.07) is 18.9. The summed E-state index contributed by atoms with van der Waals surface area (Å²) in [6.45, 7) is 12.2. The largest absolute Gasteiger partial charge is 0.493 e. The van der Waals surface area contributed by atoms with Crippen molar-refractivity contribution in [3.63, 3.8) is 0 Å². The van der Waals surface area contributed by atoms with Crippen molar-refractivity contribution in [3.8, 4) is 34.4 Å². The topological polar surface area (TPSA) is 126 Å². The van der Waals surface area contributed by atoms with Crippen molar-refractivity contribution >= 4 is 40.6 Å². The molecule has 0 unspecified atom stereocenters. The van der Waals surface area contributed by atoms with Gasteiger partial charge in [-0.3, -0.25) is 15.1 Å². The van der Waals surface area contributed by atoms with E-state index in [9.17, 15) is 15.2 Å². The first-order chi connectivity index (χ1) is 25.6. The van der Waals surface area contributed by atoms with Crippen molar-refractivity contribution in [2.24, 2.45) is 5.92 Å². The van der Waals surface area contributed by atoms with Crippen molar-refractivity contribution < 1.29 is 27.2 Å². The van der Waals surface area contributed by atoms with Gasteiger partial charge in [0.25, 0.3) is 0 Å². The van der Waals surface area contributed by atoms with E-state index in [2.05, 4.69) is 47.3 Å². The molecule has 0 saturated carbocycles. The number of carbonyl (C=O) groups is 1. The third-order valence-electron chi connectivity index (χ3n) is 9.51. The fourth-order valence-corrected chi connectivity index (χ4v) is 7.12. The summed E-state index contributed by atoms with van der Waals surface area (Å²) in [5.74, 6) is 0.710. The van der Waals surface area contributed by atoms with E-state index in [0.717, 1.165) is 66.0 Å². The molecule has 2 heterocycles. The Morgan fingerprint density at radius 3 is 2.49 bits per heavy atom. The molecule has 53 heavy (non-hydrogen) atoms. The molecule has 4 aromatic rings. The predicted molar refractivity (Wildman–Crippen MR) is 214 cm³/mol. The number of carboxylic acids is 1. The second-order valence-corrected chi connectivity index (χ2v) is 14.5. The average Bonchev–Trinajstić information content (AvgIpc) is 3.61. The highest BCUT2D eigenvalue weighted by molar-refractivity contribution is 14.1. The molecule has 0 amide bonds. The zero-order chi connectivity index (χ0) is 37.9. The third kappa shape index (κ3) is 10.8. The van der Waals surface area contributed by atoms with Gasteiger partial charge in [-0.05, 0) is 78.6 Å². The van der Waals surface area contributed by atoms with Crippen LogP contribution < -0.4 is 19.5 Å². The highest BCUT2D eigenvalue weighted by Gasteiger charge is 2.23. The summed E-state index contributed by atoms with van der Waals surface area (Å²) < 4.78 is 24.3. The molecule has 5 rings (SSSR count). The zero-order valence-electron chi connectivity index (χ0n) is 30.5. The number of ether oxygens (including phenoxy) is 3. The number of aliphatic carboxylic acids is 1. The maximum Gasteiger partial charge on any atom is 0.320 e. The van der Waals surface area contributed by atoms with Crippen LogP contribution in [0.3, 0.4) is 0 Å². The number of hydrogen-bond donors (Lipinski definition) is 2. The summed E-state index contributed by atoms with van der Waals surface area (Å²) in [4.78, 5) is 18.4. The third-order valence-corrected chi connectivity index (χ3v) is 10.5. The van der Waals surface area contributed by atoms with E-state index >= 15 is 0 Å². The van der Waals surface area contributed by atoms with E-state index in [1.54, 1.807) is 24.4 Å². The van der Waals surface area contributed by atoms with Gasteiger partial charge in [0.15, 0.2) is 0 Å². The maximum atomic E-state index is 11.9. The highest BCUT2D eigenvalue weighted by Crippen LogP contribution is 2.36. The maximum absolute atomic E-state index is 11.9. The summed E-state index contributed by atoms with van der Waals surface area (Å²) in [6.07, 6.45) is 5.47. The van der Waals surface area contributed by atoms with Crippen LogP contribution >= 0.6 is 34.6 Å². The Morgan fingerprint density at radius 1 is 1.02 bits per heavy atom. The fraction of sp³-hybridized carbons (Fsp3) is 0.390. The lowest BCUT2D eigenvalue weighted by Gasteiger charge is -2.21. The standard InChI is InChI=1S/C41H46ClIN4O6/c1-26(2)40(41(48)49)46-22-32-17-36(42)39(18-38(32)51-24-30-16-29(19-44)20-45-21-30)52-25-31-8-5-9-34(27(31)3)35-10-6-11-37(28(35)4)50-15-7-13-47-14-12-33(23-47)53-43/h5-6,8-11,16-18,20-21,26,33,40,46H,7,12-15,22-25H2,1-4H3,(H,48,49)/t33-,40+/m1/s1. The van der Waals surface area contributed by atoms with E-state index in [0.29, 0.717) is 45.9 Å². The number of benzene rings is 3. The number of aromatic nitrogens is 1. The Bertz CT molecular complexity index is 1920. The number of pyridine rings is 1. The number of hydrogen-bond acceptors (Lipinski definition) is 9. The van der Waals surface area contributed by atoms with Gasteiger partial charge in [0.05, 0.1) is 23.3 Å². The molecule has 0 bridgehead atoms. The molecule has 280 valence electrons. The molecule has 0 radical (unpaired) electrons. The second kappa shape index (κ2) is 19.4. The van der Waals surface area contributed by atoms with Crippen molar-refractivity contribution in [1.29, 1.82) is 5.26 Å². The molecule has 1 aromatic heterocycles. The molecular weight excluding hydrogens is 807 g/mol. The van der Waals surface area contributed by atoms with Gasteiger partial charge in [0.2, 0.25) is 0 Å². The molecule has 1 aliphatic rings. The van der Waals surface area contributed by atoms with E-state index in [4.69, 9.17) is 28.9 Å². The van der Waals surface area contributed by atoms with Crippen LogP contribution in [-0.4, -0.2) is 59.3 Å². The van der Waals surface area contributed by atoms with Gasteiger partial charge < -0.3 is 27.3 Å². The van der Waals surface area contributed by atoms with E-state index in [1.165, 1.54) is 6.20 Å². The number of likely N-dealkylation sites (tertiary alicyclic amines) is 1. The molecule has 1 fully saturated rings. The van der Waals surface area contributed by atoms with Crippen LogP contribution in [0.25, 0.3) is 11.1 Å². The van der Waals surface area contributed by atoms with Crippen LogP contribution in [0.5, 0.6) is 17.2 Å². The Hall–Kier alpha value is -3.93. The minimum atomic E-state index is -0.936. The van der Waals surface area contributed by atoms with Crippen LogP contribution in [0.4, 0.5) is 0 Å². The van der Waals surface area contributed by atoms with Crippen LogP contribution in [0.15, 0.2) is 67.0 Å². The van der Waals surface area contributed by atoms with Crippen molar-refractivity contribution in [2.45, 2.75) is 72.4 Å². The monoisotopic (exact) mass is 852 g/mol. The van der Waals surface area contributed by atoms with E-state index < -0.39 is 12.0 Å². The lowest BCUT2D eigenvalue weighted by atomic mass is 9.93. The number of halogens is 2. The average molecular weight is 853 g/mol. The first-order valence-electron chi connectivity index (χ1n) is 17.8. The van der Waals surface area contributed by atoms with Gasteiger partial charge in [0.1, 0.15) is 65.6 Å². The van der Waals surface area contributed by atoms with Crippen LogP contribution in [-0.2, 0) is 27.6 Å². The lowest BCUT2D eigenvalue weighted by Crippen LogP contribution is -2.40. The quantitative estimate of drug-likeness (QED) is 0.0744. The molecule has 1 saturated heterocycles. The van der Waals surface area contributed by atoms with Crippen LogP contribution in [0, 0.1) is 31.1 Å². The number of nitriles is 1. The minimum absolute atomic E-state index is 0.137. The smallest absolute Gasteiger partial charge is 0.320 e. The summed E-state index contributed by atoms with van der Waals surface area (Å²) in [5.41, 5.74) is 7.17. The summed E-state index contributed by atoms with van der Waals surface area (Å²) in [5, 5.41) is 22.5. The van der Waals surface area contributed by atoms with E-state index in [-0.39, 0.29) is 25.7 Å². The molecule has 2 N–H and O–H groups in total. The molecular formula is C41H46ClIN4O6. The number of nitrogens with zero attached hydrogens (tertiary/aromatic N) is 3. The Balaban J connectivity index is 1.30. The van der Waals surface area contributed by atoms with Gasteiger partial charge in [0, 0.05) is 55.8 Å². The predicted octanol–water partition coefficient (Wildman–Crippen LogP) is 8.46. The molecule has 0 aliphatic carbocycles. The Morgan fingerprint density at radius 2 is 1.77 bits per heavy atom. The number of nitrogens with one attached hydrogen (secondary N) is 1. The van der Waals surface area contributed by atoms with Gasteiger partial charge in [-0.2, -0.15) is 5.26 Å². The zero-order valence-corrected chi connectivity index (χ0v) is 33.4.